The van der Waals surface area contributed by atoms with E-state index in [1.165, 1.54) is 0 Å². The van der Waals surface area contributed by atoms with Crippen molar-refractivity contribution in [3.8, 4) is 0 Å². The van der Waals surface area contributed by atoms with Crippen molar-refractivity contribution in [2.24, 2.45) is 0 Å². The van der Waals surface area contributed by atoms with Crippen LogP contribution in [0.25, 0.3) is 0 Å². The predicted molar refractivity (Wildman–Crippen MR) is 10.3 cm³/mol. The fraction of sp³-hybridized carbons (Fsp3) is 0. The third-order valence-electron chi connectivity index (χ3n) is 0. The molecule has 0 saturated carbocycles. The number of halogens is 2. The molecule has 0 amide bonds. The summed E-state index contributed by atoms with van der Waals surface area (Å²) < 4.78 is 21.7. The molecule has 0 aromatic heterocycles. The third kappa shape index (κ3) is 128. The Hall–Kier alpha value is 0.460. The fourth-order valence-electron chi connectivity index (χ4n) is 0. The van der Waals surface area contributed by atoms with Crippen LogP contribution in [-0.4, -0.2) is 9.32 Å². The molecule has 0 fully saturated rings. The Morgan fingerprint density at radius 3 is 1.60 bits per heavy atom. The van der Waals surface area contributed by atoms with Gasteiger partial charge in [0.05, 0.1) is 11.9 Å². The molecule has 0 spiro atoms. The summed E-state index contributed by atoms with van der Waals surface area (Å²) in [4.78, 5) is 0. The molecule has 0 atom stereocenters. The highest BCUT2D eigenvalue weighted by Crippen LogP contribution is 1.31. The molecule has 0 saturated heterocycles. The normalized spacial score (nSPS) is 4.80. The van der Waals surface area contributed by atoms with E-state index in [4.69, 9.17) is 14.0 Å². The minimum Gasteiger partial charge on any atom is -0.506 e. The fourth-order valence-corrected chi connectivity index (χ4v) is 0. The van der Waals surface area contributed by atoms with Crippen molar-refractivity contribution in [3.63, 3.8) is 0 Å². The topological polar surface area (TPSA) is 63.5 Å². The number of hydrogen-bond donors (Lipinski definition) is 2. The van der Waals surface area contributed by atoms with E-state index in [0.717, 1.165) is 0 Å². The van der Waals surface area contributed by atoms with Gasteiger partial charge < -0.3 is 4.66 Å². The van der Waals surface area contributed by atoms with Crippen LogP contribution in [0.2, 0.25) is 0 Å². The third-order valence-corrected chi connectivity index (χ3v) is 0. The zero-order chi connectivity index (χ0) is 4.71. The van der Waals surface area contributed by atoms with E-state index < -0.39 is 0 Å². The molecule has 0 aliphatic rings. The minimum atomic E-state index is -0.167. The highest BCUT2D eigenvalue weighted by atomic mass is 35.6. The highest BCUT2D eigenvalue weighted by Gasteiger charge is 1.47. The second-order valence-corrected chi connectivity index (χ2v) is 0.207. The summed E-state index contributed by atoms with van der Waals surface area (Å²) in [5.41, 5.74) is 0. The largest absolute Gasteiger partial charge is 0.506 e. The van der Waals surface area contributed by atoms with Crippen molar-refractivity contribution < 1.29 is 25.3 Å². The van der Waals surface area contributed by atoms with Gasteiger partial charge in [0.15, 0.2) is 0 Å². The van der Waals surface area contributed by atoms with Crippen molar-refractivity contribution in [2.75, 3.05) is 0 Å². The maximum absolute atomic E-state index is 8.35. The summed E-state index contributed by atoms with van der Waals surface area (Å²) in [5.74, 6) is 0. The Bertz CT molecular complexity index is 4.85. The lowest BCUT2D eigenvalue weighted by molar-refractivity contribution is -1.27. The van der Waals surface area contributed by atoms with Gasteiger partial charge in [0.25, 0.3) is 0 Å². The Morgan fingerprint density at radius 1 is 1.60 bits per heavy atom. The second kappa shape index (κ2) is 25.0. The molecule has 3 nitrogen and oxygen atoms in total. The number of hydrogen-bond acceptors (Lipinski definition) is 3. The smallest absolute Gasteiger partial charge is 0.327 e. The van der Waals surface area contributed by atoms with Gasteiger partial charge >= 0.3 is 11.3 Å². The monoisotopic (exact) mass is 120 g/mol. The van der Waals surface area contributed by atoms with E-state index in [1.807, 2.05) is 0 Å². The number of rotatable bonds is 0. The van der Waals surface area contributed by atoms with Gasteiger partial charge in [0, 0.05) is 0 Å². The van der Waals surface area contributed by atoms with Gasteiger partial charge in [-0.25, -0.2) is 0 Å². The maximum Gasteiger partial charge on any atom is 0.327 e. The highest BCUT2D eigenvalue weighted by molar-refractivity contribution is 6.04. The van der Waals surface area contributed by atoms with E-state index in [0.29, 0.717) is 0 Å². The molecule has 0 aliphatic carbocycles. The van der Waals surface area contributed by atoms with Crippen LogP contribution in [0.4, 0.5) is 0 Å². The van der Waals surface area contributed by atoms with Gasteiger partial charge in [-0.05, 0) is 0 Å². The molecule has 0 bridgehead atoms. The van der Waals surface area contributed by atoms with Crippen LogP contribution < -0.4 is 4.66 Å². The summed E-state index contributed by atoms with van der Waals surface area (Å²) in [6.07, 6.45) is 0. The lowest BCUT2D eigenvalue weighted by atomic mass is 15.9. The summed E-state index contributed by atoms with van der Waals surface area (Å²) in [5, 5.41) is 0. The summed E-state index contributed by atoms with van der Waals surface area (Å²) in [6.45, 7) is 0. The zero-order valence-corrected chi connectivity index (χ0v) is 3.57. The van der Waals surface area contributed by atoms with Crippen LogP contribution in [0.5, 0.6) is 0 Å². The minimum absolute atomic E-state index is 0.167. The second-order valence-electron chi connectivity index (χ2n) is 0.0690. The van der Waals surface area contributed by atoms with E-state index in [-0.39, 0.29) is 11.3 Å². The van der Waals surface area contributed by atoms with Gasteiger partial charge in [-0.3, -0.25) is 4.66 Å². The quantitative estimate of drug-likeness (QED) is 0.405. The van der Waals surface area contributed by atoms with Crippen LogP contribution in [-0.2, 0) is 0 Å². The first-order valence-electron chi connectivity index (χ1n) is 0.492. The molecule has 0 aliphatic heterocycles. The molecule has 34 valence electrons. The van der Waals surface area contributed by atoms with Crippen molar-refractivity contribution in [2.45, 2.75) is 0 Å². The van der Waals surface area contributed by atoms with Crippen molar-refractivity contribution >= 4 is 11.9 Å². The molecule has 0 aromatic rings. The van der Waals surface area contributed by atoms with Crippen LogP contribution >= 0.6 is 11.9 Å². The standard InChI is InChI=1S/ClHO2.ClHO/c2-1-3;1-2/h2H;2H. The van der Waals surface area contributed by atoms with Crippen LogP contribution in [0.1, 0.15) is 0 Å². The van der Waals surface area contributed by atoms with Crippen LogP contribution in [0, 0.1) is 11.3 Å². The van der Waals surface area contributed by atoms with Crippen molar-refractivity contribution in [3.05, 3.63) is 0 Å². The van der Waals surface area contributed by atoms with Crippen molar-refractivity contribution in [1.82, 2.24) is 0 Å². The molecule has 5 heteroatoms. The van der Waals surface area contributed by atoms with E-state index in [2.05, 4.69) is 11.9 Å². The Labute approximate surface area is 38.0 Å². The van der Waals surface area contributed by atoms with E-state index >= 15 is 0 Å². The zero-order valence-electron chi connectivity index (χ0n) is 2.06. The summed E-state index contributed by atoms with van der Waals surface area (Å²) in [6, 6.07) is 0. The Kier molecular flexibility index (Phi) is 45.4. The van der Waals surface area contributed by atoms with Gasteiger partial charge in [0.1, 0.15) is 0 Å². The van der Waals surface area contributed by atoms with Gasteiger partial charge in [-0.15, -0.1) is 4.66 Å². The van der Waals surface area contributed by atoms with Crippen LogP contribution in [0.15, 0.2) is 0 Å². The molecule has 0 radical (unpaired) electrons. The first-order valence-corrected chi connectivity index (χ1v) is 1.48. The molecular weight excluding hydrogens is 119 g/mol. The molecule has 0 heterocycles. The predicted octanol–water partition coefficient (Wildman–Crippen LogP) is -1.61. The van der Waals surface area contributed by atoms with Crippen molar-refractivity contribution in [1.29, 1.82) is 0 Å². The lowest BCUT2D eigenvalue weighted by Crippen LogP contribution is -1.94. The Balaban J connectivity index is 0. The molecular formula is H2Cl2O3. The maximum atomic E-state index is 8.35. The van der Waals surface area contributed by atoms with Gasteiger partial charge in [0.2, 0.25) is 0 Å². The molecule has 0 aromatic carbocycles. The first-order chi connectivity index (χ1) is 2.41. The van der Waals surface area contributed by atoms with E-state index in [9.17, 15) is 0 Å². The molecule has 5 heavy (non-hydrogen) atoms. The lowest BCUT2D eigenvalue weighted by Gasteiger charge is -1.46. The van der Waals surface area contributed by atoms with Gasteiger partial charge in [-0.2, -0.15) is 0 Å². The summed E-state index contributed by atoms with van der Waals surface area (Å²) >= 11 is 3.47. The van der Waals surface area contributed by atoms with Crippen LogP contribution in [0.3, 0.4) is 0 Å². The first kappa shape index (κ1) is 9.07. The average Bonchev–Trinajstić information content (AvgIpc) is 1.46. The van der Waals surface area contributed by atoms with E-state index in [1.54, 1.807) is 0 Å². The SMILES string of the molecule is OCl.[O-][Cl+]O. The molecule has 0 unspecified atom stereocenters. The molecule has 2 N–H and O–H groups in total. The summed E-state index contributed by atoms with van der Waals surface area (Å²) in [7, 11) is 0. The Morgan fingerprint density at radius 2 is 1.60 bits per heavy atom. The molecule has 0 rings (SSSR count). The average molecular weight is 121 g/mol. The van der Waals surface area contributed by atoms with Gasteiger partial charge in [-0.1, -0.05) is 0 Å².